The summed E-state index contributed by atoms with van der Waals surface area (Å²) < 4.78 is 36.5. The van der Waals surface area contributed by atoms with Crippen LogP contribution in [0.1, 0.15) is 19.4 Å². The van der Waals surface area contributed by atoms with Crippen LogP contribution in [0, 0.1) is 5.92 Å². The topological polar surface area (TPSA) is 101 Å². The maximum atomic E-state index is 12.9. The molecule has 1 unspecified atom stereocenters. The van der Waals surface area contributed by atoms with Crippen molar-refractivity contribution in [3.8, 4) is 0 Å². The van der Waals surface area contributed by atoms with E-state index in [4.69, 9.17) is 11.6 Å². The Labute approximate surface area is 178 Å². The maximum Gasteiger partial charge on any atom is 0.243 e. The minimum absolute atomic E-state index is 0.0170. The Hall–Kier alpha value is -2.07. The SMILES string of the molecule is CC(C)C(NS(=O)(=O)c1cccc2nsnc12)C(=O)NCCc1ccc(Cl)cc1. The predicted molar refractivity (Wildman–Crippen MR) is 115 cm³/mol. The Morgan fingerprint density at radius 1 is 1.14 bits per heavy atom. The van der Waals surface area contributed by atoms with Crippen LogP contribution in [-0.2, 0) is 21.2 Å². The second kappa shape index (κ2) is 9.17. The molecular formula is C19H21ClN4O3S2. The van der Waals surface area contributed by atoms with E-state index in [1.54, 1.807) is 38.1 Å². The Kier molecular flexibility index (Phi) is 6.84. The van der Waals surface area contributed by atoms with Crippen molar-refractivity contribution in [1.82, 2.24) is 18.8 Å². The summed E-state index contributed by atoms with van der Waals surface area (Å²) in [6, 6.07) is 11.2. The molecule has 0 bridgehead atoms. The molecule has 1 aromatic heterocycles. The van der Waals surface area contributed by atoms with Gasteiger partial charge in [-0.2, -0.15) is 13.5 Å². The molecule has 7 nitrogen and oxygen atoms in total. The van der Waals surface area contributed by atoms with Gasteiger partial charge in [0, 0.05) is 11.6 Å². The highest BCUT2D eigenvalue weighted by Gasteiger charge is 2.29. The Morgan fingerprint density at radius 2 is 1.86 bits per heavy atom. The molecule has 0 saturated carbocycles. The Bertz CT molecular complexity index is 1100. The fourth-order valence-corrected chi connectivity index (χ4v) is 5.05. The van der Waals surface area contributed by atoms with Crippen LogP contribution in [0.3, 0.4) is 0 Å². The van der Waals surface area contributed by atoms with Gasteiger partial charge in [-0.3, -0.25) is 4.79 Å². The van der Waals surface area contributed by atoms with E-state index < -0.39 is 16.1 Å². The van der Waals surface area contributed by atoms with E-state index >= 15 is 0 Å². The van der Waals surface area contributed by atoms with Crippen LogP contribution >= 0.6 is 23.3 Å². The zero-order chi connectivity index (χ0) is 21.0. The van der Waals surface area contributed by atoms with Crippen LogP contribution in [0.25, 0.3) is 11.0 Å². The van der Waals surface area contributed by atoms with Crippen molar-refractivity contribution >= 4 is 50.3 Å². The molecule has 10 heteroatoms. The number of carbonyl (C=O) groups is 1. The monoisotopic (exact) mass is 452 g/mol. The highest BCUT2D eigenvalue weighted by atomic mass is 35.5. The second-order valence-electron chi connectivity index (χ2n) is 6.90. The number of benzene rings is 2. The number of sulfonamides is 1. The number of nitrogens with one attached hydrogen (secondary N) is 2. The smallest absolute Gasteiger partial charge is 0.243 e. The van der Waals surface area contributed by atoms with Gasteiger partial charge in [0.25, 0.3) is 0 Å². The van der Waals surface area contributed by atoms with E-state index in [1.165, 1.54) is 6.07 Å². The van der Waals surface area contributed by atoms with Crippen molar-refractivity contribution in [3.05, 3.63) is 53.1 Å². The third-order valence-corrected chi connectivity index (χ3v) is 6.66. The normalized spacial score (nSPS) is 13.0. The molecular weight excluding hydrogens is 432 g/mol. The van der Waals surface area contributed by atoms with Gasteiger partial charge in [0.2, 0.25) is 15.9 Å². The van der Waals surface area contributed by atoms with Gasteiger partial charge in [0.15, 0.2) is 0 Å². The summed E-state index contributed by atoms with van der Waals surface area (Å²) >= 11 is 6.82. The standard InChI is InChI=1S/C19H21ClN4O3S2/c1-12(2)17(19(25)21-11-10-13-6-8-14(20)9-7-13)24-29(26,27)16-5-3-4-15-18(16)23-28-22-15/h3-9,12,17,24H,10-11H2,1-2H3,(H,21,25). The van der Waals surface area contributed by atoms with Gasteiger partial charge in [-0.05, 0) is 42.2 Å². The number of hydrogen-bond donors (Lipinski definition) is 2. The van der Waals surface area contributed by atoms with Crippen molar-refractivity contribution < 1.29 is 13.2 Å². The zero-order valence-electron chi connectivity index (χ0n) is 15.9. The molecule has 3 aromatic rings. The van der Waals surface area contributed by atoms with Gasteiger partial charge in [0.1, 0.15) is 22.0 Å². The van der Waals surface area contributed by atoms with Gasteiger partial charge in [-0.15, -0.1) is 0 Å². The molecule has 29 heavy (non-hydrogen) atoms. The minimum Gasteiger partial charge on any atom is -0.354 e. The van der Waals surface area contributed by atoms with Crippen molar-refractivity contribution in [2.75, 3.05) is 6.54 Å². The molecule has 3 rings (SSSR count). The largest absolute Gasteiger partial charge is 0.354 e. The van der Waals surface area contributed by atoms with E-state index in [-0.39, 0.29) is 16.7 Å². The average Bonchev–Trinajstić information content (AvgIpc) is 3.16. The van der Waals surface area contributed by atoms with Crippen molar-refractivity contribution in [2.24, 2.45) is 5.92 Å². The van der Waals surface area contributed by atoms with Crippen molar-refractivity contribution in [1.29, 1.82) is 0 Å². The number of fused-ring (bicyclic) bond motifs is 1. The summed E-state index contributed by atoms with van der Waals surface area (Å²) in [4.78, 5) is 12.7. The van der Waals surface area contributed by atoms with E-state index in [9.17, 15) is 13.2 Å². The van der Waals surface area contributed by atoms with Gasteiger partial charge in [0.05, 0.1) is 11.7 Å². The number of carbonyl (C=O) groups excluding carboxylic acids is 1. The lowest BCUT2D eigenvalue weighted by Gasteiger charge is -2.21. The first-order chi connectivity index (χ1) is 13.8. The molecule has 0 spiro atoms. The molecule has 1 atom stereocenters. The third kappa shape index (κ3) is 5.30. The molecule has 0 aliphatic rings. The second-order valence-corrected chi connectivity index (χ2v) is 9.55. The number of hydrogen-bond acceptors (Lipinski definition) is 6. The first-order valence-electron chi connectivity index (χ1n) is 9.03. The van der Waals surface area contributed by atoms with E-state index in [0.29, 0.717) is 29.0 Å². The fourth-order valence-electron chi connectivity index (χ4n) is 2.81. The molecule has 0 fully saturated rings. The molecule has 2 aromatic carbocycles. The van der Waals surface area contributed by atoms with E-state index in [0.717, 1.165) is 17.3 Å². The summed E-state index contributed by atoms with van der Waals surface area (Å²) in [5, 5.41) is 3.46. The van der Waals surface area contributed by atoms with Crippen LogP contribution in [-0.4, -0.2) is 35.7 Å². The van der Waals surface area contributed by atoms with Gasteiger partial charge >= 0.3 is 0 Å². The molecule has 0 saturated heterocycles. The summed E-state index contributed by atoms with van der Waals surface area (Å²) in [5.41, 5.74) is 1.83. The van der Waals surface area contributed by atoms with Crippen molar-refractivity contribution in [2.45, 2.75) is 31.2 Å². The molecule has 2 N–H and O–H groups in total. The average molecular weight is 453 g/mol. The first kappa shape index (κ1) is 21.6. The van der Waals surface area contributed by atoms with E-state index in [2.05, 4.69) is 18.8 Å². The first-order valence-corrected chi connectivity index (χ1v) is 11.6. The van der Waals surface area contributed by atoms with Gasteiger partial charge < -0.3 is 5.32 Å². The zero-order valence-corrected chi connectivity index (χ0v) is 18.3. The summed E-state index contributed by atoms with van der Waals surface area (Å²) in [5.74, 6) is -0.616. The minimum atomic E-state index is -3.95. The molecule has 1 heterocycles. The number of nitrogens with zero attached hydrogens (tertiary/aromatic N) is 2. The summed E-state index contributed by atoms with van der Waals surface area (Å²) in [7, 11) is -3.95. The fraction of sp³-hybridized carbons (Fsp3) is 0.316. The Morgan fingerprint density at radius 3 is 2.55 bits per heavy atom. The molecule has 0 aliphatic carbocycles. The van der Waals surface area contributed by atoms with Gasteiger partial charge in [-0.1, -0.05) is 43.6 Å². The molecule has 0 radical (unpaired) electrons. The Balaban J connectivity index is 1.69. The number of rotatable bonds is 8. The highest BCUT2D eigenvalue weighted by Crippen LogP contribution is 2.22. The lowest BCUT2D eigenvalue weighted by atomic mass is 10.0. The van der Waals surface area contributed by atoms with E-state index in [1.807, 2.05) is 12.1 Å². The number of amides is 1. The lowest BCUT2D eigenvalue weighted by molar-refractivity contribution is -0.123. The van der Waals surface area contributed by atoms with Gasteiger partial charge in [-0.25, -0.2) is 8.42 Å². The van der Waals surface area contributed by atoms with Crippen LogP contribution in [0.2, 0.25) is 5.02 Å². The van der Waals surface area contributed by atoms with Crippen LogP contribution in [0.5, 0.6) is 0 Å². The van der Waals surface area contributed by atoms with Crippen LogP contribution in [0.4, 0.5) is 0 Å². The van der Waals surface area contributed by atoms with Crippen LogP contribution in [0.15, 0.2) is 47.4 Å². The lowest BCUT2D eigenvalue weighted by Crippen LogP contribution is -2.50. The number of aromatic nitrogens is 2. The maximum absolute atomic E-state index is 12.9. The molecule has 154 valence electrons. The molecule has 1 amide bonds. The highest BCUT2D eigenvalue weighted by molar-refractivity contribution is 7.89. The number of halogens is 1. The molecule has 0 aliphatic heterocycles. The van der Waals surface area contributed by atoms with Crippen molar-refractivity contribution in [3.63, 3.8) is 0 Å². The summed E-state index contributed by atoms with van der Waals surface area (Å²) in [6.07, 6.45) is 0.615. The third-order valence-electron chi connectivity index (χ3n) is 4.40. The quantitative estimate of drug-likeness (QED) is 0.547. The predicted octanol–water partition coefficient (Wildman–Crippen LogP) is 3.01. The van der Waals surface area contributed by atoms with Crippen LogP contribution < -0.4 is 10.0 Å². The summed E-state index contributed by atoms with van der Waals surface area (Å²) in [6.45, 7) is 3.96.